The first-order valence-electron chi connectivity index (χ1n) is 5.10. The van der Waals surface area contributed by atoms with Gasteiger partial charge in [0, 0.05) is 12.0 Å². The van der Waals surface area contributed by atoms with E-state index >= 15 is 0 Å². The Balaban J connectivity index is 2.43. The van der Waals surface area contributed by atoms with Crippen LogP contribution in [0.5, 0.6) is 0 Å². The highest BCUT2D eigenvalue weighted by Gasteiger charge is 2.23. The summed E-state index contributed by atoms with van der Waals surface area (Å²) in [6, 6.07) is 3.81. The first-order chi connectivity index (χ1) is 7.11. The van der Waals surface area contributed by atoms with Crippen LogP contribution in [0.25, 0.3) is 0 Å². The van der Waals surface area contributed by atoms with Crippen LogP contribution in [-0.4, -0.2) is 30.0 Å². The third-order valence-electron chi connectivity index (χ3n) is 2.57. The molecule has 3 N–H and O–H groups in total. The molecule has 0 saturated carbocycles. The van der Waals surface area contributed by atoms with E-state index in [-0.39, 0.29) is 19.3 Å². The lowest BCUT2D eigenvalue weighted by Gasteiger charge is -2.26. The van der Waals surface area contributed by atoms with Crippen molar-refractivity contribution in [1.29, 1.82) is 0 Å². The normalized spacial score (nSPS) is 14.1. The van der Waals surface area contributed by atoms with Gasteiger partial charge in [-0.05, 0) is 19.1 Å². The molecular weight excluding hydrogens is 194 g/mol. The largest absolute Gasteiger partial charge is 0.468 e. The van der Waals surface area contributed by atoms with Gasteiger partial charge in [0.2, 0.25) is 0 Å². The molecule has 0 aliphatic carbocycles. The summed E-state index contributed by atoms with van der Waals surface area (Å²) in [4.78, 5) is 0. The van der Waals surface area contributed by atoms with Crippen LogP contribution in [0.4, 0.5) is 0 Å². The van der Waals surface area contributed by atoms with Crippen molar-refractivity contribution < 1.29 is 14.6 Å². The number of aliphatic hydroxyl groups is 2. The van der Waals surface area contributed by atoms with Crippen molar-refractivity contribution in [3.05, 3.63) is 24.2 Å². The second kappa shape index (κ2) is 5.30. The van der Waals surface area contributed by atoms with E-state index in [4.69, 9.17) is 14.6 Å². The molecule has 0 radical (unpaired) electrons. The molecule has 0 saturated heterocycles. The molecule has 0 spiro atoms. The Bertz CT molecular complexity index is 267. The monoisotopic (exact) mass is 213 g/mol. The highest BCUT2D eigenvalue weighted by Crippen LogP contribution is 2.17. The average molecular weight is 213 g/mol. The van der Waals surface area contributed by atoms with Gasteiger partial charge in [0.25, 0.3) is 0 Å². The van der Waals surface area contributed by atoms with Gasteiger partial charge < -0.3 is 19.9 Å². The Hall–Kier alpha value is -0.840. The predicted molar refractivity (Wildman–Crippen MR) is 57.4 cm³/mol. The van der Waals surface area contributed by atoms with Gasteiger partial charge in [-0.3, -0.25) is 0 Å². The molecule has 0 fully saturated rings. The first kappa shape index (κ1) is 12.2. The lowest BCUT2D eigenvalue weighted by Crippen LogP contribution is -2.38. The molecule has 86 valence electrons. The summed E-state index contributed by atoms with van der Waals surface area (Å²) in [5, 5.41) is 21.4. The molecule has 0 unspecified atom stereocenters. The Kier molecular flexibility index (Phi) is 4.32. The Morgan fingerprint density at radius 1 is 1.47 bits per heavy atom. The van der Waals surface area contributed by atoms with E-state index in [1.54, 1.807) is 6.26 Å². The van der Waals surface area contributed by atoms with Crippen molar-refractivity contribution in [2.45, 2.75) is 19.9 Å². The van der Waals surface area contributed by atoms with Gasteiger partial charge in [-0.1, -0.05) is 6.92 Å². The van der Waals surface area contributed by atoms with Gasteiger partial charge in [0.15, 0.2) is 0 Å². The number of hydrogen-bond acceptors (Lipinski definition) is 4. The first-order valence-corrected chi connectivity index (χ1v) is 5.10. The van der Waals surface area contributed by atoms with E-state index in [1.807, 2.05) is 26.0 Å². The molecule has 4 nitrogen and oxygen atoms in total. The molecule has 15 heavy (non-hydrogen) atoms. The quantitative estimate of drug-likeness (QED) is 0.657. The van der Waals surface area contributed by atoms with Gasteiger partial charge in [-0.15, -0.1) is 0 Å². The van der Waals surface area contributed by atoms with Crippen LogP contribution in [0.15, 0.2) is 22.8 Å². The second-order valence-corrected chi connectivity index (χ2v) is 4.24. The van der Waals surface area contributed by atoms with Gasteiger partial charge >= 0.3 is 0 Å². The van der Waals surface area contributed by atoms with Crippen molar-refractivity contribution in [1.82, 2.24) is 5.32 Å². The third kappa shape index (κ3) is 3.34. The van der Waals surface area contributed by atoms with Crippen LogP contribution in [0.3, 0.4) is 0 Å². The Morgan fingerprint density at radius 3 is 2.60 bits per heavy atom. The van der Waals surface area contributed by atoms with Gasteiger partial charge in [0.1, 0.15) is 5.76 Å². The van der Waals surface area contributed by atoms with Crippen LogP contribution < -0.4 is 5.32 Å². The molecule has 1 aromatic heterocycles. The molecule has 0 amide bonds. The molecular formula is C11H19NO3. The van der Waals surface area contributed by atoms with Crippen molar-refractivity contribution >= 4 is 0 Å². The zero-order chi connectivity index (χ0) is 11.3. The fourth-order valence-electron chi connectivity index (χ4n) is 1.20. The van der Waals surface area contributed by atoms with Crippen LogP contribution in [0.1, 0.15) is 25.6 Å². The van der Waals surface area contributed by atoms with Crippen molar-refractivity contribution in [3.63, 3.8) is 0 Å². The highest BCUT2D eigenvalue weighted by atomic mass is 16.3. The zero-order valence-corrected chi connectivity index (χ0v) is 9.23. The summed E-state index contributed by atoms with van der Waals surface area (Å²) in [7, 11) is 0. The summed E-state index contributed by atoms with van der Waals surface area (Å²) in [5.41, 5.74) is -0.485. The van der Waals surface area contributed by atoms with Gasteiger partial charge in [0.05, 0.1) is 25.5 Å². The molecule has 1 atom stereocenters. The van der Waals surface area contributed by atoms with Gasteiger partial charge in [-0.2, -0.15) is 0 Å². The molecule has 0 aromatic carbocycles. The number of furan rings is 1. The highest BCUT2D eigenvalue weighted by molar-refractivity contribution is 5.03. The van der Waals surface area contributed by atoms with Crippen LogP contribution in [0, 0.1) is 5.41 Å². The van der Waals surface area contributed by atoms with E-state index in [0.717, 1.165) is 5.76 Å². The molecule has 1 rings (SSSR count). The second-order valence-electron chi connectivity index (χ2n) is 4.24. The molecule has 4 heteroatoms. The molecule has 0 bridgehead atoms. The summed E-state index contributed by atoms with van der Waals surface area (Å²) in [6.45, 7) is 4.27. The van der Waals surface area contributed by atoms with Crippen molar-refractivity contribution in [2.24, 2.45) is 5.41 Å². The molecule has 0 aliphatic heterocycles. The van der Waals surface area contributed by atoms with E-state index in [2.05, 4.69) is 5.32 Å². The molecule has 1 aromatic rings. The minimum absolute atomic E-state index is 0.0403. The molecule has 0 aliphatic rings. The van der Waals surface area contributed by atoms with Crippen LogP contribution in [0.2, 0.25) is 0 Å². The predicted octanol–water partition coefficient (Wildman–Crippen LogP) is 0.921. The minimum Gasteiger partial charge on any atom is -0.468 e. The van der Waals surface area contributed by atoms with E-state index in [1.165, 1.54) is 0 Å². The average Bonchev–Trinajstić information content (AvgIpc) is 2.79. The number of aliphatic hydroxyl groups excluding tert-OH is 2. The summed E-state index contributed by atoms with van der Waals surface area (Å²) < 4.78 is 5.24. The summed E-state index contributed by atoms with van der Waals surface area (Å²) >= 11 is 0. The fraction of sp³-hybridized carbons (Fsp3) is 0.636. The maximum atomic E-state index is 9.11. The lowest BCUT2D eigenvalue weighted by atomic mass is 9.93. The number of rotatable bonds is 6. The zero-order valence-electron chi connectivity index (χ0n) is 9.23. The van der Waals surface area contributed by atoms with Crippen molar-refractivity contribution in [3.8, 4) is 0 Å². The van der Waals surface area contributed by atoms with Gasteiger partial charge in [-0.25, -0.2) is 0 Å². The fourth-order valence-corrected chi connectivity index (χ4v) is 1.20. The standard InChI is InChI=1S/C11H19NO3/c1-9(10-4-3-5-15-10)12-6-11(2,7-13)8-14/h3-5,9,12-14H,6-8H2,1-2H3/t9-/m0/s1. The van der Waals surface area contributed by atoms with E-state index in [0.29, 0.717) is 6.54 Å². The number of hydrogen-bond donors (Lipinski definition) is 3. The molecule has 1 heterocycles. The van der Waals surface area contributed by atoms with E-state index in [9.17, 15) is 0 Å². The third-order valence-corrected chi connectivity index (χ3v) is 2.57. The van der Waals surface area contributed by atoms with Crippen LogP contribution in [-0.2, 0) is 0 Å². The maximum absolute atomic E-state index is 9.11. The summed E-state index contributed by atoms with van der Waals surface area (Å²) in [6.07, 6.45) is 1.63. The van der Waals surface area contributed by atoms with Crippen molar-refractivity contribution in [2.75, 3.05) is 19.8 Å². The lowest BCUT2D eigenvalue weighted by molar-refractivity contribution is 0.0671. The van der Waals surface area contributed by atoms with Crippen LogP contribution >= 0.6 is 0 Å². The summed E-state index contributed by atoms with van der Waals surface area (Å²) in [5.74, 6) is 0.855. The minimum atomic E-state index is -0.485. The Labute approximate surface area is 89.9 Å². The number of nitrogens with one attached hydrogen (secondary N) is 1. The Morgan fingerprint density at radius 2 is 2.13 bits per heavy atom. The topological polar surface area (TPSA) is 65.6 Å². The SMILES string of the molecule is C[C@H](NCC(C)(CO)CO)c1ccco1. The van der Waals surface area contributed by atoms with E-state index < -0.39 is 5.41 Å². The maximum Gasteiger partial charge on any atom is 0.120 e. The smallest absolute Gasteiger partial charge is 0.120 e.